The number of hydrogen-bond donors (Lipinski definition) is 2. The largest absolute Gasteiger partial charge is 0.342 e. The second-order valence-corrected chi connectivity index (χ2v) is 9.94. The van der Waals surface area contributed by atoms with Crippen molar-refractivity contribution in [1.82, 2.24) is 9.97 Å². The van der Waals surface area contributed by atoms with Gasteiger partial charge in [-0.1, -0.05) is 18.2 Å². The SMILES string of the molecule is O=C(Nc1ccc2nc(Cc3ccccc3F)[nH]c2c1)c1ccc(N2CCCS2(=O)=O)cc1. The predicted molar refractivity (Wildman–Crippen MR) is 125 cm³/mol. The zero-order valence-corrected chi connectivity index (χ0v) is 18.4. The third-order valence-electron chi connectivity index (χ3n) is 5.62. The Morgan fingerprint density at radius 1 is 1.09 bits per heavy atom. The van der Waals surface area contributed by atoms with Crippen LogP contribution >= 0.6 is 0 Å². The van der Waals surface area contributed by atoms with Gasteiger partial charge in [0, 0.05) is 24.2 Å². The van der Waals surface area contributed by atoms with Gasteiger partial charge in [-0.05, 0) is 60.5 Å². The molecule has 0 spiro atoms. The molecule has 1 saturated heterocycles. The number of sulfonamides is 1. The van der Waals surface area contributed by atoms with Gasteiger partial charge in [0.2, 0.25) is 10.0 Å². The van der Waals surface area contributed by atoms with Crippen LogP contribution in [-0.2, 0) is 16.4 Å². The number of carbonyl (C=O) groups excluding carboxylic acids is 1. The van der Waals surface area contributed by atoms with E-state index in [9.17, 15) is 17.6 Å². The van der Waals surface area contributed by atoms with Gasteiger partial charge in [-0.2, -0.15) is 0 Å². The van der Waals surface area contributed by atoms with Gasteiger partial charge in [-0.3, -0.25) is 9.10 Å². The molecule has 2 N–H and O–H groups in total. The third-order valence-corrected chi connectivity index (χ3v) is 7.49. The van der Waals surface area contributed by atoms with Crippen LogP contribution in [0.2, 0.25) is 0 Å². The van der Waals surface area contributed by atoms with Crippen LogP contribution in [0.4, 0.5) is 15.8 Å². The lowest BCUT2D eigenvalue weighted by molar-refractivity contribution is 0.102. The lowest BCUT2D eigenvalue weighted by Gasteiger charge is -2.17. The standard InChI is InChI=1S/C24H21FN4O3S/c25-20-5-2-1-4-17(20)14-23-27-21-11-8-18(15-22(21)28-23)26-24(30)16-6-9-19(10-7-16)29-12-3-13-33(29,31)32/h1-2,4-11,15H,3,12-14H2,(H,26,30)(H,27,28). The molecule has 2 heterocycles. The Bertz CT molecular complexity index is 1450. The van der Waals surface area contributed by atoms with Crippen LogP contribution < -0.4 is 9.62 Å². The van der Waals surface area contributed by atoms with Crippen molar-refractivity contribution < 1.29 is 17.6 Å². The number of H-pyrrole nitrogens is 1. The van der Waals surface area contributed by atoms with Crippen molar-refractivity contribution in [2.24, 2.45) is 0 Å². The summed E-state index contributed by atoms with van der Waals surface area (Å²) < 4.78 is 39.4. The number of fused-ring (bicyclic) bond motifs is 1. The molecule has 1 aliphatic heterocycles. The van der Waals surface area contributed by atoms with Crippen LogP contribution in [0.5, 0.6) is 0 Å². The van der Waals surface area contributed by atoms with Crippen LogP contribution in [-0.4, -0.2) is 36.6 Å². The summed E-state index contributed by atoms with van der Waals surface area (Å²) >= 11 is 0. The minimum atomic E-state index is -3.26. The first-order chi connectivity index (χ1) is 15.9. The highest BCUT2D eigenvalue weighted by atomic mass is 32.2. The summed E-state index contributed by atoms with van der Waals surface area (Å²) in [5.41, 5.74) is 3.56. The highest BCUT2D eigenvalue weighted by molar-refractivity contribution is 7.93. The Hall–Kier alpha value is -3.72. The fraction of sp³-hybridized carbons (Fsp3) is 0.167. The van der Waals surface area contributed by atoms with Crippen molar-refractivity contribution >= 4 is 38.3 Å². The van der Waals surface area contributed by atoms with Crippen LogP contribution in [0.1, 0.15) is 28.2 Å². The lowest BCUT2D eigenvalue weighted by atomic mass is 10.1. The Balaban J connectivity index is 1.30. The average Bonchev–Trinajstić information content (AvgIpc) is 3.36. The maximum absolute atomic E-state index is 13.9. The molecule has 0 unspecified atom stereocenters. The van der Waals surface area contributed by atoms with E-state index in [0.717, 1.165) is 11.0 Å². The summed E-state index contributed by atoms with van der Waals surface area (Å²) in [6, 6.07) is 18.4. The zero-order chi connectivity index (χ0) is 23.0. The summed E-state index contributed by atoms with van der Waals surface area (Å²) in [6.45, 7) is 0.455. The number of hydrogen-bond acceptors (Lipinski definition) is 4. The van der Waals surface area contributed by atoms with E-state index in [0.29, 0.717) is 47.7 Å². The topological polar surface area (TPSA) is 95.2 Å². The molecule has 1 fully saturated rings. The van der Waals surface area contributed by atoms with E-state index < -0.39 is 10.0 Å². The molecular formula is C24H21FN4O3S. The van der Waals surface area contributed by atoms with E-state index in [4.69, 9.17) is 0 Å². The number of benzene rings is 3. The molecule has 4 aromatic rings. The first-order valence-corrected chi connectivity index (χ1v) is 12.1. The summed E-state index contributed by atoms with van der Waals surface area (Å²) in [5.74, 6) is 0.189. The molecule has 1 aliphatic rings. The van der Waals surface area contributed by atoms with Gasteiger partial charge in [0.1, 0.15) is 11.6 Å². The molecule has 33 heavy (non-hydrogen) atoms. The maximum atomic E-state index is 13.9. The van der Waals surface area contributed by atoms with E-state index in [-0.39, 0.29) is 17.5 Å². The van der Waals surface area contributed by atoms with Crippen molar-refractivity contribution in [2.45, 2.75) is 12.8 Å². The molecule has 0 radical (unpaired) electrons. The van der Waals surface area contributed by atoms with E-state index >= 15 is 0 Å². The minimum Gasteiger partial charge on any atom is -0.342 e. The number of aromatic amines is 1. The Morgan fingerprint density at radius 2 is 1.88 bits per heavy atom. The van der Waals surface area contributed by atoms with Gasteiger partial charge in [-0.25, -0.2) is 17.8 Å². The van der Waals surface area contributed by atoms with Crippen LogP contribution in [0, 0.1) is 5.82 Å². The van der Waals surface area contributed by atoms with Gasteiger partial charge in [0.15, 0.2) is 0 Å². The van der Waals surface area contributed by atoms with Gasteiger partial charge < -0.3 is 10.3 Å². The van der Waals surface area contributed by atoms with Crippen molar-refractivity contribution in [3.8, 4) is 0 Å². The quantitative estimate of drug-likeness (QED) is 0.465. The summed E-state index contributed by atoms with van der Waals surface area (Å²) in [6.07, 6.45) is 0.935. The van der Waals surface area contributed by atoms with Crippen molar-refractivity contribution in [3.05, 3.63) is 89.5 Å². The average molecular weight is 465 g/mol. The first-order valence-electron chi connectivity index (χ1n) is 10.5. The number of amides is 1. The highest BCUT2D eigenvalue weighted by Crippen LogP contribution is 2.25. The highest BCUT2D eigenvalue weighted by Gasteiger charge is 2.28. The number of aromatic nitrogens is 2. The molecule has 168 valence electrons. The Kier molecular flexibility index (Phi) is 5.33. The van der Waals surface area contributed by atoms with Crippen molar-refractivity contribution in [1.29, 1.82) is 0 Å². The molecule has 0 atom stereocenters. The van der Waals surface area contributed by atoms with Gasteiger partial charge >= 0.3 is 0 Å². The van der Waals surface area contributed by atoms with Gasteiger partial charge in [-0.15, -0.1) is 0 Å². The zero-order valence-electron chi connectivity index (χ0n) is 17.6. The number of imidazole rings is 1. The predicted octanol–water partition coefficient (Wildman–Crippen LogP) is 4.09. The monoisotopic (exact) mass is 464 g/mol. The number of nitrogens with zero attached hydrogens (tertiary/aromatic N) is 2. The first kappa shape index (κ1) is 21.1. The second-order valence-electron chi connectivity index (χ2n) is 7.93. The van der Waals surface area contributed by atoms with Crippen molar-refractivity contribution in [2.75, 3.05) is 21.9 Å². The van der Waals surface area contributed by atoms with Gasteiger partial charge in [0.25, 0.3) is 5.91 Å². The third kappa shape index (κ3) is 4.31. The second kappa shape index (κ2) is 8.32. The number of rotatable bonds is 5. The number of halogens is 1. The summed E-state index contributed by atoms with van der Waals surface area (Å²) in [7, 11) is -3.26. The van der Waals surface area contributed by atoms with E-state index in [1.165, 1.54) is 10.4 Å². The lowest BCUT2D eigenvalue weighted by Crippen LogP contribution is -2.25. The molecule has 0 saturated carbocycles. The molecule has 7 nitrogen and oxygen atoms in total. The smallest absolute Gasteiger partial charge is 0.255 e. The molecule has 1 aromatic heterocycles. The number of nitrogens with one attached hydrogen (secondary N) is 2. The summed E-state index contributed by atoms with van der Waals surface area (Å²) in [5, 5.41) is 2.85. The minimum absolute atomic E-state index is 0.146. The Labute approximate surface area is 190 Å². The van der Waals surface area contributed by atoms with Crippen LogP contribution in [0.15, 0.2) is 66.7 Å². The molecular weight excluding hydrogens is 443 g/mol. The fourth-order valence-corrected chi connectivity index (χ4v) is 5.52. The summed E-state index contributed by atoms with van der Waals surface area (Å²) in [4.78, 5) is 20.4. The maximum Gasteiger partial charge on any atom is 0.255 e. The molecule has 1 amide bonds. The van der Waals surface area contributed by atoms with Crippen LogP contribution in [0.25, 0.3) is 11.0 Å². The normalized spacial score (nSPS) is 15.1. The van der Waals surface area contributed by atoms with E-state index in [2.05, 4.69) is 15.3 Å². The fourth-order valence-electron chi connectivity index (χ4n) is 3.96. The molecule has 9 heteroatoms. The van der Waals surface area contributed by atoms with E-state index in [1.807, 2.05) is 0 Å². The van der Waals surface area contributed by atoms with Crippen LogP contribution in [0.3, 0.4) is 0 Å². The van der Waals surface area contributed by atoms with E-state index in [1.54, 1.807) is 60.7 Å². The molecule has 3 aromatic carbocycles. The molecule has 5 rings (SSSR count). The van der Waals surface area contributed by atoms with Crippen molar-refractivity contribution in [3.63, 3.8) is 0 Å². The van der Waals surface area contributed by atoms with Gasteiger partial charge in [0.05, 0.1) is 22.5 Å². The number of anilines is 2. The Morgan fingerprint density at radius 3 is 2.61 bits per heavy atom. The molecule has 0 aliphatic carbocycles. The molecule has 0 bridgehead atoms. The number of carbonyl (C=O) groups is 1.